The van der Waals surface area contributed by atoms with Crippen LogP contribution in [0.4, 0.5) is 10.1 Å². The van der Waals surface area contributed by atoms with E-state index in [2.05, 4.69) is 23.6 Å². The first-order valence-corrected chi connectivity index (χ1v) is 8.49. The Kier molecular flexibility index (Phi) is 4.69. The van der Waals surface area contributed by atoms with Gasteiger partial charge in [-0.1, -0.05) is 6.92 Å². The van der Waals surface area contributed by atoms with Crippen molar-refractivity contribution in [3.8, 4) is 0 Å². The predicted molar refractivity (Wildman–Crippen MR) is 87.6 cm³/mol. The number of piperidine rings is 1. The summed E-state index contributed by atoms with van der Waals surface area (Å²) in [6.07, 6.45) is 2.95. The van der Waals surface area contributed by atoms with Gasteiger partial charge in [0.25, 0.3) is 0 Å². The molecule has 122 valence electrons. The van der Waals surface area contributed by atoms with Gasteiger partial charge in [0, 0.05) is 32.7 Å². The van der Waals surface area contributed by atoms with Gasteiger partial charge in [0.1, 0.15) is 5.82 Å². The van der Waals surface area contributed by atoms with Gasteiger partial charge in [-0.15, -0.1) is 0 Å². The molecule has 2 atom stereocenters. The molecule has 2 saturated heterocycles. The molecule has 2 fully saturated rings. The molecule has 22 heavy (non-hydrogen) atoms. The summed E-state index contributed by atoms with van der Waals surface area (Å²) in [6, 6.07) is 3.73. The number of halogens is 1. The zero-order chi connectivity index (χ0) is 15.7. The lowest BCUT2D eigenvalue weighted by Gasteiger charge is -2.34. The van der Waals surface area contributed by atoms with Crippen molar-refractivity contribution in [1.82, 2.24) is 4.90 Å². The van der Waals surface area contributed by atoms with Crippen LogP contribution in [0.25, 0.3) is 0 Å². The van der Waals surface area contributed by atoms with E-state index in [4.69, 9.17) is 0 Å². The monoisotopic (exact) mass is 306 g/mol. The number of nitrogens with zero attached hydrogens (tertiary/aromatic N) is 2. The smallest absolute Gasteiger partial charge is 0.146 e. The number of hydrogen-bond donors (Lipinski definition) is 1. The fraction of sp³-hybridized carbons (Fsp3) is 0.667. The Bertz CT molecular complexity index is 528. The van der Waals surface area contributed by atoms with Crippen LogP contribution in [0.15, 0.2) is 12.1 Å². The van der Waals surface area contributed by atoms with Crippen LogP contribution in [0.3, 0.4) is 0 Å². The lowest BCUT2D eigenvalue weighted by atomic mass is 9.96. The van der Waals surface area contributed by atoms with Gasteiger partial charge >= 0.3 is 0 Å². The molecule has 0 bridgehead atoms. The van der Waals surface area contributed by atoms with Crippen LogP contribution in [0.2, 0.25) is 0 Å². The quantitative estimate of drug-likeness (QED) is 0.930. The van der Waals surface area contributed by atoms with Gasteiger partial charge in [0.05, 0.1) is 11.8 Å². The summed E-state index contributed by atoms with van der Waals surface area (Å²) in [5, 5.41) is 9.83. The lowest BCUT2D eigenvalue weighted by Crippen LogP contribution is -2.41. The molecule has 1 N–H and O–H groups in total. The maximum Gasteiger partial charge on any atom is 0.146 e. The van der Waals surface area contributed by atoms with Crippen LogP contribution in [-0.4, -0.2) is 42.3 Å². The van der Waals surface area contributed by atoms with Crippen molar-refractivity contribution in [1.29, 1.82) is 0 Å². The Morgan fingerprint density at radius 3 is 2.64 bits per heavy atom. The van der Waals surface area contributed by atoms with Gasteiger partial charge in [-0.25, -0.2) is 4.39 Å². The number of anilines is 1. The van der Waals surface area contributed by atoms with Crippen molar-refractivity contribution in [2.24, 2.45) is 5.92 Å². The number of aliphatic hydroxyl groups is 1. The molecule has 3 rings (SSSR count). The minimum Gasteiger partial charge on any atom is -0.393 e. The van der Waals surface area contributed by atoms with Gasteiger partial charge in [-0.3, -0.25) is 4.90 Å². The second-order valence-electron chi connectivity index (χ2n) is 6.99. The average Bonchev–Trinajstić information content (AvgIpc) is 3.00. The minimum atomic E-state index is -0.188. The van der Waals surface area contributed by atoms with E-state index in [0.717, 1.165) is 63.2 Å². The van der Waals surface area contributed by atoms with E-state index < -0.39 is 0 Å². The van der Waals surface area contributed by atoms with Crippen molar-refractivity contribution in [2.45, 2.75) is 45.8 Å². The summed E-state index contributed by atoms with van der Waals surface area (Å²) in [4.78, 5) is 4.49. The van der Waals surface area contributed by atoms with Gasteiger partial charge < -0.3 is 10.0 Å². The standard InChI is InChI=1S/C18H27FN2O/c1-13-9-17(21-6-3-4-7-21)16(19)10-15(13)12-20-8-5-18(22)14(2)11-20/h9-10,14,18,22H,3-8,11-12H2,1-2H3. The Hall–Kier alpha value is -1.13. The molecule has 3 nitrogen and oxygen atoms in total. The number of benzene rings is 1. The van der Waals surface area contributed by atoms with Crippen LogP contribution in [-0.2, 0) is 6.54 Å². The highest BCUT2D eigenvalue weighted by molar-refractivity contribution is 5.52. The first-order chi connectivity index (χ1) is 10.5. The van der Waals surface area contributed by atoms with E-state index in [-0.39, 0.29) is 11.9 Å². The van der Waals surface area contributed by atoms with E-state index in [0.29, 0.717) is 5.92 Å². The molecule has 0 radical (unpaired) electrons. The van der Waals surface area contributed by atoms with Gasteiger partial charge in [-0.05, 0) is 55.4 Å². The molecule has 1 aromatic carbocycles. The number of aliphatic hydroxyl groups excluding tert-OH is 1. The van der Waals surface area contributed by atoms with Crippen LogP contribution in [0.1, 0.15) is 37.3 Å². The highest BCUT2D eigenvalue weighted by atomic mass is 19.1. The zero-order valence-electron chi connectivity index (χ0n) is 13.7. The largest absolute Gasteiger partial charge is 0.393 e. The van der Waals surface area contributed by atoms with Crippen molar-refractivity contribution >= 4 is 5.69 Å². The second-order valence-corrected chi connectivity index (χ2v) is 6.99. The molecule has 2 unspecified atom stereocenters. The maximum absolute atomic E-state index is 14.5. The maximum atomic E-state index is 14.5. The minimum absolute atomic E-state index is 0.0902. The Morgan fingerprint density at radius 2 is 1.95 bits per heavy atom. The number of aryl methyl sites for hydroxylation is 1. The second kappa shape index (κ2) is 6.55. The molecule has 2 aliphatic heterocycles. The highest BCUT2D eigenvalue weighted by Gasteiger charge is 2.25. The molecule has 0 amide bonds. The summed E-state index contributed by atoms with van der Waals surface area (Å²) < 4.78 is 14.5. The Labute approximate surface area is 132 Å². The fourth-order valence-electron chi connectivity index (χ4n) is 3.68. The van der Waals surface area contributed by atoms with Crippen LogP contribution >= 0.6 is 0 Å². The summed E-state index contributed by atoms with van der Waals surface area (Å²) in [7, 11) is 0. The Balaban J connectivity index is 1.73. The van der Waals surface area contributed by atoms with Crippen LogP contribution < -0.4 is 4.90 Å². The van der Waals surface area contributed by atoms with E-state index >= 15 is 0 Å². The van der Waals surface area contributed by atoms with E-state index in [1.54, 1.807) is 6.07 Å². The van der Waals surface area contributed by atoms with Crippen molar-refractivity contribution in [3.63, 3.8) is 0 Å². The molecule has 2 aliphatic rings. The SMILES string of the molecule is Cc1cc(N2CCCC2)c(F)cc1CN1CCC(O)C(C)C1. The van der Waals surface area contributed by atoms with Gasteiger partial charge in [-0.2, -0.15) is 0 Å². The molecule has 0 aromatic heterocycles. The van der Waals surface area contributed by atoms with Gasteiger partial charge in [0.2, 0.25) is 0 Å². The molecule has 0 spiro atoms. The molecular weight excluding hydrogens is 279 g/mol. The summed E-state index contributed by atoms with van der Waals surface area (Å²) >= 11 is 0. The summed E-state index contributed by atoms with van der Waals surface area (Å²) in [6.45, 7) is 8.66. The lowest BCUT2D eigenvalue weighted by molar-refractivity contribution is 0.0319. The van der Waals surface area contributed by atoms with E-state index in [1.807, 2.05) is 6.07 Å². The topological polar surface area (TPSA) is 26.7 Å². The van der Waals surface area contributed by atoms with E-state index in [9.17, 15) is 9.50 Å². The molecule has 0 aliphatic carbocycles. The third kappa shape index (κ3) is 3.28. The number of likely N-dealkylation sites (tertiary alicyclic amines) is 1. The van der Waals surface area contributed by atoms with Crippen LogP contribution in [0.5, 0.6) is 0 Å². The molecule has 2 heterocycles. The number of hydrogen-bond acceptors (Lipinski definition) is 3. The summed E-state index contributed by atoms with van der Waals surface area (Å²) in [5.74, 6) is 0.204. The fourth-order valence-corrected chi connectivity index (χ4v) is 3.68. The normalized spacial score (nSPS) is 26.6. The van der Waals surface area contributed by atoms with Crippen molar-refractivity contribution < 1.29 is 9.50 Å². The average molecular weight is 306 g/mol. The third-order valence-electron chi connectivity index (χ3n) is 5.19. The highest BCUT2D eigenvalue weighted by Crippen LogP contribution is 2.28. The molecule has 4 heteroatoms. The van der Waals surface area contributed by atoms with E-state index in [1.165, 1.54) is 5.56 Å². The zero-order valence-corrected chi connectivity index (χ0v) is 13.7. The third-order valence-corrected chi connectivity index (χ3v) is 5.19. The number of rotatable bonds is 3. The van der Waals surface area contributed by atoms with Crippen LogP contribution in [0, 0.1) is 18.7 Å². The first-order valence-electron chi connectivity index (χ1n) is 8.49. The molecule has 0 saturated carbocycles. The van der Waals surface area contributed by atoms with Crippen molar-refractivity contribution in [2.75, 3.05) is 31.1 Å². The Morgan fingerprint density at radius 1 is 1.23 bits per heavy atom. The molecular formula is C18H27FN2O. The predicted octanol–water partition coefficient (Wildman–Crippen LogP) is 2.94. The molecule has 1 aromatic rings. The van der Waals surface area contributed by atoms with Crippen molar-refractivity contribution in [3.05, 3.63) is 29.1 Å². The summed E-state index contributed by atoms with van der Waals surface area (Å²) in [5.41, 5.74) is 3.01. The first kappa shape index (κ1) is 15.8. The van der Waals surface area contributed by atoms with Gasteiger partial charge in [0.15, 0.2) is 0 Å².